The number of nitrogens with zero attached hydrogens (tertiary/aromatic N) is 4. The molecule has 1 atom stereocenters. The van der Waals surface area contributed by atoms with Crippen molar-refractivity contribution in [2.45, 2.75) is 26.8 Å². The van der Waals surface area contributed by atoms with Crippen molar-refractivity contribution in [3.63, 3.8) is 0 Å². The van der Waals surface area contributed by atoms with Gasteiger partial charge in [0.15, 0.2) is 0 Å². The Bertz CT molecular complexity index is 1590. The number of nitrogen functional groups attached to an aromatic ring is 1. The Labute approximate surface area is 243 Å². The third-order valence-electron chi connectivity index (χ3n) is 6.55. The number of halogens is 2. The first-order chi connectivity index (χ1) is 19.5. The first-order valence-corrected chi connectivity index (χ1v) is 13.3. The summed E-state index contributed by atoms with van der Waals surface area (Å²) in [7, 11) is 3.34. The van der Waals surface area contributed by atoms with Crippen LogP contribution in [0, 0.1) is 18.2 Å². The van der Waals surface area contributed by atoms with Gasteiger partial charge in [-0.3, -0.25) is 15.2 Å². The molecule has 1 unspecified atom stereocenters. The predicted octanol–water partition coefficient (Wildman–Crippen LogP) is 5.91. The Morgan fingerprint density at radius 3 is 2.49 bits per heavy atom. The summed E-state index contributed by atoms with van der Waals surface area (Å²) in [5, 5.41) is 12.6. The van der Waals surface area contributed by atoms with E-state index < -0.39 is 11.9 Å². The van der Waals surface area contributed by atoms with Gasteiger partial charge in [0.05, 0.1) is 23.9 Å². The molecule has 0 spiro atoms. The van der Waals surface area contributed by atoms with Gasteiger partial charge in [-0.1, -0.05) is 17.7 Å². The second-order valence-electron chi connectivity index (χ2n) is 9.57. The van der Waals surface area contributed by atoms with Crippen LogP contribution in [0.25, 0.3) is 11.1 Å². The lowest BCUT2D eigenvalue weighted by molar-refractivity contribution is 0.0822. The van der Waals surface area contributed by atoms with Crippen LogP contribution < -0.4 is 15.8 Å². The number of benzene rings is 2. The number of pyridine rings is 1. The average Bonchev–Trinajstić information content (AvgIpc) is 2.95. The Balaban J connectivity index is 1.77. The van der Waals surface area contributed by atoms with Crippen LogP contribution in [-0.2, 0) is 0 Å². The van der Waals surface area contributed by atoms with Crippen molar-refractivity contribution < 1.29 is 13.9 Å². The fourth-order valence-electron chi connectivity index (χ4n) is 4.41. The fourth-order valence-corrected chi connectivity index (χ4v) is 4.62. The quantitative estimate of drug-likeness (QED) is 0.211. The molecule has 0 fully saturated rings. The van der Waals surface area contributed by atoms with E-state index in [2.05, 4.69) is 20.3 Å². The lowest BCUT2D eigenvalue weighted by Gasteiger charge is -2.24. The zero-order chi connectivity index (χ0) is 29.8. The molecule has 0 saturated heterocycles. The second-order valence-corrected chi connectivity index (χ2v) is 9.98. The van der Waals surface area contributed by atoms with Crippen LogP contribution in [0.1, 0.15) is 52.6 Å². The standard InChI is InChI=1S/C30H31ClFN7O2/c1-6-41-27-21(13-22(31)16(2)24(27)19-9-12-23(35-14-19)30(40)39(4)5)17(3)38-29-25(28(34)36-15-37-29)26(33)18-7-10-20(32)11-8-18/h7-15,17,33H,6H2,1-5H3,(H3,34,36,37,38). The Hall–Kier alpha value is -4.57. The van der Waals surface area contributed by atoms with Crippen LogP contribution in [0.15, 0.2) is 55.0 Å². The van der Waals surface area contributed by atoms with E-state index in [4.69, 9.17) is 27.5 Å². The molecule has 2 aromatic heterocycles. The van der Waals surface area contributed by atoms with E-state index in [9.17, 15) is 9.18 Å². The Morgan fingerprint density at radius 2 is 1.88 bits per heavy atom. The minimum Gasteiger partial charge on any atom is -0.493 e. The molecule has 0 aliphatic rings. The zero-order valence-electron chi connectivity index (χ0n) is 23.4. The number of hydrogen-bond donors (Lipinski definition) is 3. The van der Waals surface area contributed by atoms with Crippen molar-refractivity contribution >= 4 is 34.9 Å². The van der Waals surface area contributed by atoms with Gasteiger partial charge in [-0.05, 0) is 62.7 Å². The van der Waals surface area contributed by atoms with Crippen molar-refractivity contribution in [3.05, 3.63) is 93.8 Å². The number of carbonyl (C=O) groups excluding carboxylic acids is 1. The van der Waals surface area contributed by atoms with Crippen LogP contribution in [0.4, 0.5) is 16.0 Å². The Morgan fingerprint density at radius 1 is 1.17 bits per heavy atom. The van der Waals surface area contributed by atoms with Crippen molar-refractivity contribution in [3.8, 4) is 16.9 Å². The summed E-state index contributed by atoms with van der Waals surface area (Å²) >= 11 is 6.74. The van der Waals surface area contributed by atoms with Gasteiger partial charge in [-0.2, -0.15) is 0 Å². The van der Waals surface area contributed by atoms with Crippen LogP contribution in [-0.4, -0.2) is 52.2 Å². The summed E-state index contributed by atoms with van der Waals surface area (Å²) < 4.78 is 19.7. The maximum absolute atomic E-state index is 13.5. The highest BCUT2D eigenvalue weighted by Gasteiger charge is 2.24. The molecule has 0 radical (unpaired) electrons. The van der Waals surface area contributed by atoms with Gasteiger partial charge in [0.2, 0.25) is 0 Å². The maximum Gasteiger partial charge on any atom is 0.271 e. The first-order valence-electron chi connectivity index (χ1n) is 12.9. The monoisotopic (exact) mass is 575 g/mol. The van der Waals surface area contributed by atoms with Gasteiger partial charge in [0.1, 0.15) is 35.2 Å². The summed E-state index contributed by atoms with van der Waals surface area (Å²) in [6.45, 7) is 6.08. The van der Waals surface area contributed by atoms with Gasteiger partial charge in [-0.15, -0.1) is 0 Å². The van der Waals surface area contributed by atoms with Crippen molar-refractivity contribution in [1.29, 1.82) is 5.41 Å². The van der Waals surface area contributed by atoms with E-state index in [0.717, 1.165) is 22.3 Å². The molecule has 11 heteroatoms. The zero-order valence-corrected chi connectivity index (χ0v) is 24.2. The molecule has 0 aliphatic heterocycles. The molecule has 212 valence electrons. The predicted molar refractivity (Wildman–Crippen MR) is 159 cm³/mol. The molecule has 4 rings (SSSR count). The smallest absolute Gasteiger partial charge is 0.271 e. The van der Waals surface area contributed by atoms with Crippen molar-refractivity contribution in [2.24, 2.45) is 0 Å². The minimum absolute atomic E-state index is 0.0453. The van der Waals surface area contributed by atoms with Crippen molar-refractivity contribution in [2.75, 3.05) is 31.8 Å². The van der Waals surface area contributed by atoms with E-state index in [1.165, 1.54) is 35.5 Å². The molecule has 1 amide bonds. The van der Waals surface area contributed by atoms with Gasteiger partial charge in [0, 0.05) is 47.6 Å². The lowest BCUT2D eigenvalue weighted by Crippen LogP contribution is -2.22. The molecule has 4 aromatic rings. The highest BCUT2D eigenvalue weighted by molar-refractivity contribution is 6.32. The number of anilines is 2. The molecule has 2 aromatic carbocycles. The van der Waals surface area contributed by atoms with Gasteiger partial charge >= 0.3 is 0 Å². The number of nitrogens with one attached hydrogen (secondary N) is 2. The number of hydrogen-bond acceptors (Lipinski definition) is 8. The van der Waals surface area contributed by atoms with E-state index in [1.807, 2.05) is 32.9 Å². The molecule has 4 N–H and O–H groups in total. The number of rotatable bonds is 9. The van der Waals surface area contributed by atoms with E-state index >= 15 is 0 Å². The summed E-state index contributed by atoms with van der Waals surface area (Å²) in [5.74, 6) is 0.424. The summed E-state index contributed by atoms with van der Waals surface area (Å²) in [4.78, 5) is 26.7. The lowest BCUT2D eigenvalue weighted by atomic mass is 9.94. The van der Waals surface area contributed by atoms with Crippen LogP contribution in [0.3, 0.4) is 0 Å². The molecular weight excluding hydrogens is 545 g/mol. The molecular formula is C30H31ClFN7O2. The van der Waals surface area contributed by atoms with Crippen LogP contribution in [0.2, 0.25) is 5.02 Å². The molecule has 0 aliphatic carbocycles. The highest BCUT2D eigenvalue weighted by atomic mass is 35.5. The number of aromatic nitrogens is 3. The van der Waals surface area contributed by atoms with E-state index in [1.54, 1.807) is 26.4 Å². The van der Waals surface area contributed by atoms with Gasteiger partial charge in [-0.25, -0.2) is 14.4 Å². The minimum atomic E-state index is -0.412. The molecule has 0 saturated carbocycles. The largest absolute Gasteiger partial charge is 0.493 e. The van der Waals surface area contributed by atoms with Gasteiger partial charge < -0.3 is 20.7 Å². The summed E-state index contributed by atoms with van der Waals surface area (Å²) in [5.41, 5.74) is 10.3. The molecule has 2 heterocycles. The number of ether oxygens (including phenoxy) is 1. The first kappa shape index (κ1) is 29.4. The molecule has 9 nitrogen and oxygen atoms in total. The molecule has 0 bridgehead atoms. The van der Waals surface area contributed by atoms with E-state index in [-0.39, 0.29) is 23.0 Å². The maximum atomic E-state index is 13.5. The summed E-state index contributed by atoms with van der Waals surface area (Å²) in [6, 6.07) is 10.5. The second kappa shape index (κ2) is 12.3. The fraction of sp³-hybridized carbons (Fsp3) is 0.233. The third kappa shape index (κ3) is 6.12. The van der Waals surface area contributed by atoms with Crippen LogP contribution >= 0.6 is 11.6 Å². The Kier molecular flexibility index (Phi) is 8.83. The summed E-state index contributed by atoms with van der Waals surface area (Å²) in [6.07, 6.45) is 2.94. The van der Waals surface area contributed by atoms with Gasteiger partial charge in [0.25, 0.3) is 5.91 Å². The van der Waals surface area contributed by atoms with Crippen LogP contribution in [0.5, 0.6) is 5.75 Å². The molecule has 41 heavy (non-hydrogen) atoms. The van der Waals surface area contributed by atoms with E-state index in [0.29, 0.717) is 34.5 Å². The highest BCUT2D eigenvalue weighted by Crippen LogP contribution is 2.43. The normalized spacial score (nSPS) is 11.6. The number of amides is 1. The number of carbonyl (C=O) groups is 1. The third-order valence-corrected chi connectivity index (χ3v) is 6.94. The average molecular weight is 576 g/mol. The topological polar surface area (TPSA) is 130 Å². The van der Waals surface area contributed by atoms with Crippen molar-refractivity contribution in [1.82, 2.24) is 19.9 Å². The SMILES string of the molecule is CCOc1c(C(C)Nc2ncnc(N)c2C(=N)c2ccc(F)cc2)cc(Cl)c(C)c1-c1ccc(C(=O)N(C)C)nc1. The number of nitrogens with two attached hydrogens (primary N) is 1.